The lowest BCUT2D eigenvalue weighted by Crippen LogP contribution is -2.02. The first-order valence-electron chi connectivity index (χ1n) is 5.61. The number of hydrogen-bond acceptors (Lipinski definition) is 5. The number of methoxy groups -OCH3 is 1. The van der Waals surface area contributed by atoms with Crippen LogP contribution < -0.4 is 4.74 Å². The Labute approximate surface area is 116 Å². The van der Waals surface area contributed by atoms with E-state index in [1.54, 1.807) is 0 Å². The van der Waals surface area contributed by atoms with Crippen molar-refractivity contribution in [2.45, 2.75) is 9.79 Å². The molecule has 0 saturated carbocycles. The SMILES string of the molecule is COc1cc(S(=O)(=O)c2ccc(C#N)cc2)ccc1O. The quantitative estimate of drug-likeness (QED) is 0.935. The molecule has 0 fully saturated rings. The average molecular weight is 289 g/mol. The van der Waals surface area contributed by atoms with Gasteiger partial charge < -0.3 is 9.84 Å². The Morgan fingerprint density at radius 1 is 1.10 bits per heavy atom. The van der Waals surface area contributed by atoms with Crippen molar-refractivity contribution in [2.75, 3.05) is 7.11 Å². The molecule has 0 saturated heterocycles. The van der Waals surface area contributed by atoms with E-state index in [4.69, 9.17) is 10.00 Å². The molecule has 0 aromatic heterocycles. The number of aromatic hydroxyl groups is 1. The smallest absolute Gasteiger partial charge is 0.206 e. The molecular formula is C14H11NO4S. The molecule has 0 aliphatic heterocycles. The highest BCUT2D eigenvalue weighted by Crippen LogP contribution is 2.31. The Balaban J connectivity index is 2.52. The molecule has 0 bridgehead atoms. The van der Waals surface area contributed by atoms with Crippen molar-refractivity contribution in [3.63, 3.8) is 0 Å². The van der Waals surface area contributed by atoms with Crippen LogP contribution in [0.1, 0.15) is 5.56 Å². The maximum Gasteiger partial charge on any atom is 0.206 e. The molecule has 0 unspecified atom stereocenters. The Hall–Kier alpha value is -2.52. The topological polar surface area (TPSA) is 87.4 Å². The Morgan fingerprint density at radius 3 is 2.25 bits per heavy atom. The molecule has 1 N–H and O–H groups in total. The van der Waals surface area contributed by atoms with Crippen molar-refractivity contribution in [2.24, 2.45) is 0 Å². The summed E-state index contributed by atoms with van der Waals surface area (Å²) in [6.07, 6.45) is 0. The van der Waals surface area contributed by atoms with Crippen LogP contribution in [0.5, 0.6) is 11.5 Å². The highest BCUT2D eigenvalue weighted by Gasteiger charge is 2.19. The molecule has 2 rings (SSSR count). The normalized spacial score (nSPS) is 10.8. The van der Waals surface area contributed by atoms with E-state index in [2.05, 4.69) is 0 Å². The molecule has 6 heteroatoms. The fourth-order valence-corrected chi connectivity index (χ4v) is 2.95. The van der Waals surface area contributed by atoms with Gasteiger partial charge in [-0.15, -0.1) is 0 Å². The zero-order chi connectivity index (χ0) is 14.8. The first kappa shape index (κ1) is 13.9. The van der Waals surface area contributed by atoms with Gasteiger partial charge in [0.05, 0.1) is 28.5 Å². The molecular weight excluding hydrogens is 278 g/mol. The zero-order valence-electron chi connectivity index (χ0n) is 10.6. The minimum atomic E-state index is -3.71. The van der Waals surface area contributed by atoms with Crippen LogP contribution in [0.4, 0.5) is 0 Å². The van der Waals surface area contributed by atoms with Gasteiger partial charge in [-0.2, -0.15) is 5.26 Å². The van der Waals surface area contributed by atoms with Gasteiger partial charge in [0.2, 0.25) is 9.84 Å². The van der Waals surface area contributed by atoms with E-state index >= 15 is 0 Å². The lowest BCUT2D eigenvalue weighted by Gasteiger charge is -2.08. The molecule has 0 spiro atoms. The number of benzene rings is 2. The fraction of sp³-hybridized carbons (Fsp3) is 0.0714. The second kappa shape index (κ2) is 5.23. The summed E-state index contributed by atoms with van der Waals surface area (Å²) < 4.78 is 29.7. The van der Waals surface area contributed by atoms with Gasteiger partial charge in [-0.3, -0.25) is 0 Å². The summed E-state index contributed by atoms with van der Waals surface area (Å²) in [6, 6.07) is 11.3. The summed E-state index contributed by atoms with van der Waals surface area (Å²) in [4.78, 5) is 0.0844. The molecule has 0 atom stereocenters. The second-order valence-electron chi connectivity index (χ2n) is 3.97. The van der Waals surface area contributed by atoms with Crippen LogP contribution in [0.2, 0.25) is 0 Å². The maximum atomic E-state index is 12.4. The van der Waals surface area contributed by atoms with Crippen LogP contribution in [-0.4, -0.2) is 20.6 Å². The first-order valence-corrected chi connectivity index (χ1v) is 7.09. The summed E-state index contributed by atoms with van der Waals surface area (Å²) >= 11 is 0. The molecule has 5 nitrogen and oxygen atoms in total. The lowest BCUT2D eigenvalue weighted by atomic mass is 10.2. The highest BCUT2D eigenvalue weighted by molar-refractivity contribution is 7.91. The fourth-order valence-electron chi connectivity index (χ4n) is 1.67. The molecule has 102 valence electrons. The average Bonchev–Trinajstić information content (AvgIpc) is 2.47. The largest absolute Gasteiger partial charge is 0.504 e. The van der Waals surface area contributed by atoms with E-state index in [0.717, 1.165) is 0 Å². The van der Waals surface area contributed by atoms with Gasteiger partial charge >= 0.3 is 0 Å². The van der Waals surface area contributed by atoms with E-state index in [0.29, 0.717) is 5.56 Å². The van der Waals surface area contributed by atoms with Gasteiger partial charge in [-0.25, -0.2) is 8.42 Å². The molecule has 2 aromatic rings. The number of hydrogen-bond donors (Lipinski definition) is 1. The Morgan fingerprint density at radius 2 is 1.70 bits per heavy atom. The van der Waals surface area contributed by atoms with E-state index in [9.17, 15) is 13.5 Å². The van der Waals surface area contributed by atoms with Gasteiger partial charge in [0.15, 0.2) is 11.5 Å². The monoisotopic (exact) mass is 289 g/mol. The van der Waals surface area contributed by atoms with Gasteiger partial charge in [0.1, 0.15) is 0 Å². The minimum absolute atomic E-state index is 0.0110. The van der Waals surface area contributed by atoms with E-state index in [-0.39, 0.29) is 21.3 Å². The summed E-state index contributed by atoms with van der Waals surface area (Å²) in [7, 11) is -2.37. The second-order valence-corrected chi connectivity index (χ2v) is 5.92. The molecule has 0 radical (unpaired) electrons. The highest BCUT2D eigenvalue weighted by atomic mass is 32.2. The van der Waals surface area contributed by atoms with Crippen molar-refractivity contribution >= 4 is 9.84 Å². The van der Waals surface area contributed by atoms with Crippen LogP contribution in [-0.2, 0) is 9.84 Å². The van der Waals surface area contributed by atoms with Gasteiger partial charge in [-0.1, -0.05) is 0 Å². The molecule has 0 heterocycles. The third-order valence-electron chi connectivity index (χ3n) is 2.76. The van der Waals surface area contributed by atoms with Crippen LogP contribution in [0.15, 0.2) is 52.3 Å². The van der Waals surface area contributed by atoms with Gasteiger partial charge in [0.25, 0.3) is 0 Å². The van der Waals surface area contributed by atoms with Crippen molar-refractivity contribution in [1.82, 2.24) is 0 Å². The molecule has 0 amide bonds. The molecule has 0 aliphatic rings. The van der Waals surface area contributed by atoms with Gasteiger partial charge in [-0.05, 0) is 36.4 Å². The van der Waals surface area contributed by atoms with E-state index in [1.165, 1.54) is 49.6 Å². The Kier molecular flexibility index (Phi) is 3.63. The molecule has 2 aromatic carbocycles. The number of rotatable bonds is 3. The van der Waals surface area contributed by atoms with Crippen LogP contribution >= 0.6 is 0 Å². The zero-order valence-corrected chi connectivity index (χ0v) is 11.4. The van der Waals surface area contributed by atoms with Crippen LogP contribution in [0, 0.1) is 11.3 Å². The number of sulfone groups is 1. The summed E-state index contributed by atoms with van der Waals surface area (Å²) in [5.41, 5.74) is 0.382. The standard InChI is InChI=1S/C14H11NO4S/c1-19-14-8-12(6-7-13(14)16)20(17,18)11-4-2-10(9-15)3-5-11/h2-8,16H,1H3. The number of phenols is 1. The lowest BCUT2D eigenvalue weighted by molar-refractivity contribution is 0.372. The Bertz CT molecular complexity index is 774. The predicted molar refractivity (Wildman–Crippen MR) is 71.3 cm³/mol. The van der Waals surface area contributed by atoms with Crippen LogP contribution in [0.25, 0.3) is 0 Å². The van der Waals surface area contributed by atoms with Crippen molar-refractivity contribution < 1.29 is 18.3 Å². The molecule has 20 heavy (non-hydrogen) atoms. The minimum Gasteiger partial charge on any atom is -0.504 e. The van der Waals surface area contributed by atoms with Gasteiger partial charge in [0, 0.05) is 6.07 Å². The third-order valence-corrected chi connectivity index (χ3v) is 4.52. The van der Waals surface area contributed by atoms with Crippen molar-refractivity contribution in [3.8, 4) is 17.6 Å². The van der Waals surface area contributed by atoms with Crippen LogP contribution in [0.3, 0.4) is 0 Å². The number of phenolic OH excluding ortho intramolecular Hbond substituents is 1. The predicted octanol–water partition coefficient (Wildman–Crippen LogP) is 2.11. The number of nitrogens with zero attached hydrogens (tertiary/aromatic N) is 1. The van der Waals surface area contributed by atoms with Crippen molar-refractivity contribution in [3.05, 3.63) is 48.0 Å². The molecule has 0 aliphatic carbocycles. The summed E-state index contributed by atoms with van der Waals surface area (Å²) in [5, 5.41) is 18.2. The van der Waals surface area contributed by atoms with E-state index < -0.39 is 9.84 Å². The number of nitriles is 1. The number of ether oxygens (including phenoxy) is 1. The summed E-state index contributed by atoms with van der Waals surface area (Å²) in [6.45, 7) is 0. The summed E-state index contributed by atoms with van der Waals surface area (Å²) in [5.74, 6) is -0.0500. The third kappa shape index (κ3) is 2.44. The maximum absolute atomic E-state index is 12.4. The van der Waals surface area contributed by atoms with E-state index in [1.807, 2.05) is 6.07 Å². The van der Waals surface area contributed by atoms with Crippen molar-refractivity contribution in [1.29, 1.82) is 5.26 Å². The first-order chi connectivity index (χ1) is 9.48.